The molecule has 0 aliphatic carbocycles. The Bertz CT molecular complexity index is 2120. The van der Waals surface area contributed by atoms with Gasteiger partial charge in [-0.25, -0.2) is 14.8 Å². The van der Waals surface area contributed by atoms with Gasteiger partial charge in [-0.15, -0.1) is 22.7 Å². The van der Waals surface area contributed by atoms with E-state index in [4.69, 9.17) is 18.9 Å². The highest BCUT2D eigenvalue weighted by molar-refractivity contribution is 7.15. The van der Waals surface area contributed by atoms with E-state index in [1.54, 1.807) is 14.2 Å². The molecule has 52 heavy (non-hydrogen) atoms. The summed E-state index contributed by atoms with van der Waals surface area (Å²) in [5, 5.41) is 25.0. The summed E-state index contributed by atoms with van der Waals surface area (Å²) in [7, 11) is 3.16. The third kappa shape index (κ3) is 8.06. The average Bonchev–Trinajstić information content (AvgIpc) is 3.69. The van der Waals surface area contributed by atoms with Crippen LogP contribution in [0.4, 0.5) is 16.2 Å². The molecule has 0 amide bonds. The molecule has 264 valence electrons. The Morgan fingerprint density at radius 3 is 1.37 bits per heavy atom. The molecule has 0 spiro atoms. The molecule has 13 nitrogen and oxygen atoms in total. The Morgan fingerprint density at radius 1 is 0.635 bits per heavy atom. The maximum Gasteiger partial charge on any atom is 0.519 e. The predicted molar refractivity (Wildman–Crippen MR) is 196 cm³/mol. The summed E-state index contributed by atoms with van der Waals surface area (Å²) in [5.41, 5.74) is 3.30. The number of carbonyl (C=O) groups excluding carboxylic acids is 1. The van der Waals surface area contributed by atoms with Gasteiger partial charge in [0.15, 0.2) is 0 Å². The lowest BCUT2D eigenvalue weighted by molar-refractivity contribution is -0.385. The van der Waals surface area contributed by atoms with Crippen LogP contribution in [0, 0.1) is 34.1 Å². The number of non-ortho nitro benzene ring substituents is 2. The van der Waals surface area contributed by atoms with Gasteiger partial charge in [-0.1, -0.05) is 0 Å². The van der Waals surface area contributed by atoms with E-state index in [2.05, 4.69) is 9.97 Å². The highest BCUT2D eigenvalue weighted by atomic mass is 32.1. The number of rotatable bonds is 12. The molecule has 6 aromatic rings. The van der Waals surface area contributed by atoms with E-state index in [0.717, 1.165) is 30.9 Å². The van der Waals surface area contributed by atoms with Crippen LogP contribution in [0.2, 0.25) is 0 Å². The highest BCUT2D eigenvalue weighted by Gasteiger charge is 2.23. The van der Waals surface area contributed by atoms with Crippen molar-refractivity contribution in [2.75, 3.05) is 14.2 Å². The molecular weight excluding hydrogens is 709 g/mol. The molecule has 4 aromatic carbocycles. The number of hydrogen-bond acceptors (Lipinski definition) is 13. The van der Waals surface area contributed by atoms with E-state index in [-0.39, 0.29) is 35.7 Å². The lowest BCUT2D eigenvalue weighted by atomic mass is 10.0. The van der Waals surface area contributed by atoms with Crippen molar-refractivity contribution in [3.05, 3.63) is 138 Å². The molecule has 15 heteroatoms. The van der Waals surface area contributed by atoms with E-state index in [1.807, 2.05) is 62.4 Å². The first-order chi connectivity index (χ1) is 25.0. The molecule has 0 aliphatic rings. The van der Waals surface area contributed by atoms with E-state index in [9.17, 15) is 25.0 Å². The van der Waals surface area contributed by atoms with Gasteiger partial charge < -0.3 is 18.9 Å². The first-order valence-corrected chi connectivity index (χ1v) is 17.3. The summed E-state index contributed by atoms with van der Waals surface area (Å²) in [6, 6.07) is 22.7. The normalized spacial score (nSPS) is 10.8. The maximum atomic E-state index is 13.4. The summed E-state index contributed by atoms with van der Waals surface area (Å²) in [4.78, 5) is 46.8. The molecule has 0 N–H and O–H groups in total. The van der Waals surface area contributed by atoms with Gasteiger partial charge in [0, 0.05) is 48.2 Å². The second-order valence-corrected chi connectivity index (χ2v) is 13.8. The molecule has 0 fully saturated rings. The lowest BCUT2D eigenvalue weighted by Crippen LogP contribution is -2.16. The van der Waals surface area contributed by atoms with E-state index < -0.39 is 16.0 Å². The molecule has 0 atom stereocenters. The van der Waals surface area contributed by atoms with Crippen LogP contribution < -0.4 is 18.9 Å². The quantitative estimate of drug-likeness (QED) is 0.0508. The SMILES string of the molecule is COc1ccc(-c2sc(C)nc2Cc2cc([N+](=O)[O-])ccc2OC(=O)Oc2ccc([N+](=O)[O-])cc2Cc2nc(C)sc2-c2ccc(OC)cc2)cc1. The highest BCUT2D eigenvalue weighted by Crippen LogP contribution is 2.37. The monoisotopic (exact) mass is 738 g/mol. The largest absolute Gasteiger partial charge is 0.519 e. The molecular formula is C37H30N4O9S2. The molecule has 0 saturated heterocycles. The number of aromatic nitrogens is 2. The van der Waals surface area contributed by atoms with Crippen molar-refractivity contribution in [1.82, 2.24) is 9.97 Å². The Morgan fingerprint density at radius 2 is 1.02 bits per heavy atom. The summed E-state index contributed by atoms with van der Waals surface area (Å²) < 4.78 is 21.9. The number of benzene rings is 4. The summed E-state index contributed by atoms with van der Waals surface area (Å²) in [5.74, 6) is 1.44. The number of nitrogens with zero attached hydrogens (tertiary/aromatic N) is 4. The molecule has 6 rings (SSSR count). The summed E-state index contributed by atoms with van der Waals surface area (Å²) in [6.45, 7) is 3.72. The fraction of sp³-hybridized carbons (Fsp3) is 0.162. The maximum absolute atomic E-state index is 13.4. The first-order valence-electron chi connectivity index (χ1n) is 15.7. The number of thiazole rings is 2. The molecule has 0 aliphatic heterocycles. The van der Waals surface area contributed by atoms with Crippen LogP contribution in [0.3, 0.4) is 0 Å². The van der Waals surface area contributed by atoms with Crippen LogP contribution >= 0.6 is 22.7 Å². The predicted octanol–water partition coefficient (Wildman–Crippen LogP) is 9.14. The fourth-order valence-corrected chi connectivity index (χ4v) is 7.39. The number of methoxy groups -OCH3 is 2. The second-order valence-electron chi connectivity index (χ2n) is 11.4. The molecule has 2 heterocycles. The van der Waals surface area contributed by atoms with Crippen molar-refractivity contribution >= 4 is 40.2 Å². The lowest BCUT2D eigenvalue weighted by Gasteiger charge is -2.13. The van der Waals surface area contributed by atoms with Gasteiger partial charge in [0.2, 0.25) is 0 Å². The number of hydrogen-bond donors (Lipinski definition) is 0. The zero-order chi connectivity index (χ0) is 36.9. The molecule has 2 aromatic heterocycles. The van der Waals surface area contributed by atoms with Crippen LogP contribution in [0.25, 0.3) is 20.9 Å². The van der Waals surface area contributed by atoms with Gasteiger partial charge >= 0.3 is 6.16 Å². The Kier molecular flexibility index (Phi) is 10.5. The Hall–Kier alpha value is -6.19. The zero-order valence-electron chi connectivity index (χ0n) is 28.3. The summed E-state index contributed by atoms with van der Waals surface area (Å²) in [6.07, 6.45) is -0.925. The van der Waals surface area contributed by atoms with Crippen molar-refractivity contribution in [2.45, 2.75) is 26.7 Å². The number of ether oxygens (including phenoxy) is 4. The minimum atomic E-state index is -1.14. The fourth-order valence-electron chi connectivity index (χ4n) is 5.51. The van der Waals surface area contributed by atoms with Gasteiger partial charge in [-0.3, -0.25) is 20.2 Å². The first kappa shape index (κ1) is 35.6. The van der Waals surface area contributed by atoms with Crippen molar-refractivity contribution in [1.29, 1.82) is 0 Å². The Balaban J connectivity index is 1.29. The third-order valence-corrected chi connectivity index (χ3v) is 10.0. The van der Waals surface area contributed by atoms with E-state index >= 15 is 0 Å². The van der Waals surface area contributed by atoms with Gasteiger partial charge in [0.25, 0.3) is 11.4 Å². The van der Waals surface area contributed by atoms with Gasteiger partial charge in [-0.05, 0) is 85.6 Å². The van der Waals surface area contributed by atoms with Crippen LogP contribution in [0.5, 0.6) is 23.0 Å². The smallest absolute Gasteiger partial charge is 0.497 e. The number of aryl methyl sites for hydroxylation is 2. The number of nitro groups is 2. The van der Waals surface area contributed by atoms with Crippen LogP contribution in [0.15, 0.2) is 84.9 Å². The second kappa shape index (κ2) is 15.4. The zero-order valence-corrected chi connectivity index (χ0v) is 29.9. The minimum absolute atomic E-state index is 0.0299. The van der Waals surface area contributed by atoms with E-state index in [0.29, 0.717) is 34.0 Å². The molecule has 0 saturated carbocycles. The van der Waals surface area contributed by atoms with Crippen LogP contribution in [-0.4, -0.2) is 40.2 Å². The van der Waals surface area contributed by atoms with Crippen molar-refractivity contribution in [3.8, 4) is 43.9 Å². The topological polar surface area (TPSA) is 166 Å². The summed E-state index contributed by atoms with van der Waals surface area (Å²) >= 11 is 2.93. The minimum Gasteiger partial charge on any atom is -0.497 e. The average molecular weight is 739 g/mol. The van der Waals surface area contributed by atoms with Gasteiger partial charge in [-0.2, -0.15) is 0 Å². The molecule has 0 radical (unpaired) electrons. The van der Waals surface area contributed by atoms with E-state index in [1.165, 1.54) is 59.1 Å². The van der Waals surface area contributed by atoms with Crippen molar-refractivity contribution in [3.63, 3.8) is 0 Å². The van der Waals surface area contributed by atoms with Crippen molar-refractivity contribution < 1.29 is 33.6 Å². The van der Waals surface area contributed by atoms with Crippen LogP contribution in [-0.2, 0) is 12.8 Å². The third-order valence-electron chi connectivity index (χ3n) is 7.93. The van der Waals surface area contributed by atoms with Gasteiger partial charge in [0.05, 0.1) is 55.2 Å². The molecule has 0 bridgehead atoms. The standard InChI is InChI=1S/C37H30N4O9S2/c1-21-38-31(35(51-21)23-5-11-29(47-3)12-6-23)19-25-17-27(40(43)44)9-15-33(25)49-37(42)50-34-16-10-28(41(45)46)18-26(34)20-32-36(52-22(2)39-32)24-7-13-30(48-4)14-8-24/h5-18H,19-20H2,1-4H3. The number of nitro benzene ring substituents is 2. The molecule has 0 unspecified atom stereocenters. The Labute approximate surface area is 305 Å². The van der Waals surface area contributed by atoms with Crippen LogP contribution in [0.1, 0.15) is 32.5 Å². The van der Waals surface area contributed by atoms with Gasteiger partial charge in [0.1, 0.15) is 23.0 Å². The van der Waals surface area contributed by atoms with Crippen molar-refractivity contribution in [2.24, 2.45) is 0 Å². The number of carbonyl (C=O) groups is 1.